The van der Waals surface area contributed by atoms with Crippen molar-refractivity contribution in [2.45, 2.75) is 25.4 Å². The Morgan fingerprint density at radius 3 is 2.44 bits per heavy atom. The number of para-hydroxylation sites is 1. The smallest absolute Gasteiger partial charge is 0.228 e. The highest BCUT2D eigenvalue weighted by Gasteiger charge is 2.33. The SMILES string of the molecule is O=C1CC(C(=O)NCc2ccc(CNc3cc(-c4ccccc4O)nc4c(Br)cnn34)cc2)c2ccccc21. The largest absolute Gasteiger partial charge is 0.507 e. The molecule has 1 atom stereocenters. The number of nitrogens with one attached hydrogen (secondary N) is 2. The Balaban J connectivity index is 1.13. The van der Waals surface area contributed by atoms with Crippen molar-refractivity contribution in [3.05, 3.63) is 112 Å². The lowest BCUT2D eigenvalue weighted by Crippen LogP contribution is -2.28. The molecular formula is C30H24BrN5O3. The molecule has 8 nitrogen and oxygen atoms in total. The van der Waals surface area contributed by atoms with E-state index in [1.807, 2.05) is 60.7 Å². The summed E-state index contributed by atoms with van der Waals surface area (Å²) in [5, 5.41) is 21.2. The molecule has 0 saturated heterocycles. The number of anilines is 1. The summed E-state index contributed by atoms with van der Waals surface area (Å²) in [4.78, 5) is 29.7. The first-order valence-corrected chi connectivity index (χ1v) is 13.3. The van der Waals surface area contributed by atoms with Crippen molar-refractivity contribution in [2.75, 3.05) is 5.32 Å². The highest BCUT2D eigenvalue weighted by atomic mass is 79.9. The Labute approximate surface area is 232 Å². The third-order valence-corrected chi connectivity index (χ3v) is 7.47. The number of fused-ring (bicyclic) bond motifs is 2. The number of hydrogen-bond donors (Lipinski definition) is 3. The van der Waals surface area contributed by atoms with Crippen LogP contribution in [0, 0.1) is 0 Å². The van der Waals surface area contributed by atoms with E-state index in [2.05, 4.69) is 36.6 Å². The molecule has 0 saturated carbocycles. The molecule has 0 fully saturated rings. The maximum absolute atomic E-state index is 12.8. The zero-order valence-corrected chi connectivity index (χ0v) is 22.4. The fraction of sp³-hybridized carbons (Fsp3) is 0.133. The molecule has 1 unspecified atom stereocenters. The zero-order chi connectivity index (χ0) is 26.9. The van der Waals surface area contributed by atoms with Crippen LogP contribution >= 0.6 is 15.9 Å². The van der Waals surface area contributed by atoms with Crippen molar-refractivity contribution in [1.82, 2.24) is 19.9 Å². The minimum Gasteiger partial charge on any atom is -0.507 e. The molecular weight excluding hydrogens is 558 g/mol. The summed E-state index contributed by atoms with van der Waals surface area (Å²) in [6.45, 7) is 0.917. The lowest BCUT2D eigenvalue weighted by Gasteiger charge is -2.13. The van der Waals surface area contributed by atoms with Crippen LogP contribution in [-0.4, -0.2) is 31.4 Å². The summed E-state index contributed by atoms with van der Waals surface area (Å²) in [6.07, 6.45) is 1.90. The van der Waals surface area contributed by atoms with E-state index in [0.717, 1.165) is 27.0 Å². The van der Waals surface area contributed by atoms with E-state index in [1.165, 1.54) is 0 Å². The van der Waals surface area contributed by atoms with Crippen molar-refractivity contribution < 1.29 is 14.7 Å². The van der Waals surface area contributed by atoms with Crippen molar-refractivity contribution in [3.63, 3.8) is 0 Å². The Hall–Kier alpha value is -4.50. The molecule has 1 aliphatic carbocycles. The number of phenols is 1. The maximum Gasteiger partial charge on any atom is 0.228 e. The van der Waals surface area contributed by atoms with Crippen LogP contribution in [0.2, 0.25) is 0 Å². The van der Waals surface area contributed by atoms with Gasteiger partial charge in [-0.15, -0.1) is 0 Å². The Morgan fingerprint density at radius 1 is 0.974 bits per heavy atom. The molecule has 0 radical (unpaired) electrons. The van der Waals surface area contributed by atoms with Gasteiger partial charge in [-0.05, 0) is 44.8 Å². The van der Waals surface area contributed by atoms with Crippen molar-refractivity contribution in [2.24, 2.45) is 0 Å². The van der Waals surface area contributed by atoms with Gasteiger partial charge in [-0.1, -0.05) is 60.7 Å². The van der Waals surface area contributed by atoms with Crippen LogP contribution in [0.3, 0.4) is 0 Å². The first-order valence-electron chi connectivity index (χ1n) is 12.5. The van der Waals surface area contributed by atoms with Gasteiger partial charge in [-0.2, -0.15) is 9.61 Å². The number of hydrogen-bond acceptors (Lipinski definition) is 6. The first kappa shape index (κ1) is 24.8. The number of aromatic nitrogens is 3. The van der Waals surface area contributed by atoms with Gasteiger partial charge in [0.25, 0.3) is 0 Å². The number of carbonyl (C=O) groups excluding carboxylic acids is 2. The summed E-state index contributed by atoms with van der Waals surface area (Å²) in [5.74, 6) is 0.337. The number of phenolic OH excluding ortho intramolecular Hbond substituents is 1. The summed E-state index contributed by atoms with van der Waals surface area (Å²) in [5.41, 5.74) is 5.36. The molecule has 39 heavy (non-hydrogen) atoms. The molecule has 6 rings (SSSR count). The van der Waals surface area contributed by atoms with E-state index in [4.69, 9.17) is 0 Å². The molecule has 5 aromatic rings. The van der Waals surface area contributed by atoms with Crippen molar-refractivity contribution in [3.8, 4) is 17.0 Å². The molecule has 2 heterocycles. The number of rotatable bonds is 7. The van der Waals surface area contributed by atoms with Gasteiger partial charge in [0.05, 0.1) is 22.3 Å². The number of ketones is 1. The van der Waals surface area contributed by atoms with E-state index in [9.17, 15) is 14.7 Å². The first-order chi connectivity index (χ1) is 19.0. The molecule has 3 N–H and O–H groups in total. The van der Waals surface area contributed by atoms with Gasteiger partial charge >= 0.3 is 0 Å². The van der Waals surface area contributed by atoms with Gasteiger partial charge in [-0.3, -0.25) is 9.59 Å². The quantitative estimate of drug-likeness (QED) is 0.235. The molecule has 1 amide bonds. The molecule has 1 aliphatic rings. The zero-order valence-electron chi connectivity index (χ0n) is 20.8. The topological polar surface area (TPSA) is 109 Å². The molecule has 9 heteroatoms. The van der Waals surface area contributed by atoms with Gasteiger partial charge in [-0.25, -0.2) is 4.98 Å². The maximum atomic E-state index is 12.8. The van der Waals surface area contributed by atoms with Crippen molar-refractivity contribution >= 4 is 39.1 Å². The fourth-order valence-electron chi connectivity index (χ4n) is 4.86. The summed E-state index contributed by atoms with van der Waals surface area (Å²) >= 11 is 3.50. The van der Waals surface area contributed by atoms with Gasteiger partial charge in [0, 0.05) is 36.7 Å². The number of Topliss-reactive ketones (excluding diaryl/α,β-unsaturated/α-hetero) is 1. The predicted molar refractivity (Wildman–Crippen MR) is 152 cm³/mol. The van der Waals surface area contributed by atoms with Crippen LogP contribution in [-0.2, 0) is 17.9 Å². The Kier molecular flexibility index (Phi) is 6.58. The van der Waals surface area contributed by atoms with E-state index >= 15 is 0 Å². The van der Waals surface area contributed by atoms with Crippen LogP contribution < -0.4 is 10.6 Å². The van der Waals surface area contributed by atoms with E-state index < -0.39 is 5.92 Å². The number of nitrogens with zero attached hydrogens (tertiary/aromatic N) is 3. The number of carbonyl (C=O) groups is 2. The van der Waals surface area contributed by atoms with E-state index in [1.54, 1.807) is 28.9 Å². The second kappa shape index (κ2) is 10.3. The average molecular weight is 582 g/mol. The van der Waals surface area contributed by atoms with E-state index in [0.29, 0.717) is 35.6 Å². The van der Waals surface area contributed by atoms with E-state index in [-0.39, 0.29) is 23.9 Å². The summed E-state index contributed by atoms with van der Waals surface area (Å²) in [7, 11) is 0. The van der Waals surface area contributed by atoms with Gasteiger partial charge in [0.2, 0.25) is 5.91 Å². The van der Waals surface area contributed by atoms with Crippen molar-refractivity contribution in [1.29, 1.82) is 0 Å². The van der Waals surface area contributed by atoms with Crippen LogP contribution in [0.15, 0.2) is 89.5 Å². The average Bonchev–Trinajstić information content (AvgIpc) is 3.51. The molecule has 0 spiro atoms. The third kappa shape index (κ3) is 4.88. The third-order valence-electron chi connectivity index (χ3n) is 6.91. The number of benzene rings is 3. The molecule has 0 bridgehead atoms. The second-order valence-electron chi connectivity index (χ2n) is 9.43. The summed E-state index contributed by atoms with van der Waals surface area (Å²) < 4.78 is 2.46. The molecule has 2 aromatic heterocycles. The van der Waals surface area contributed by atoms with Crippen LogP contribution in [0.25, 0.3) is 16.9 Å². The number of aromatic hydroxyl groups is 1. The molecule has 3 aromatic carbocycles. The van der Waals surface area contributed by atoms with Gasteiger partial charge < -0.3 is 15.7 Å². The highest BCUT2D eigenvalue weighted by Crippen LogP contribution is 2.33. The van der Waals surface area contributed by atoms with Crippen LogP contribution in [0.4, 0.5) is 5.82 Å². The second-order valence-corrected chi connectivity index (χ2v) is 10.3. The van der Waals surface area contributed by atoms with Gasteiger partial charge in [0.1, 0.15) is 11.6 Å². The van der Waals surface area contributed by atoms with Gasteiger partial charge in [0.15, 0.2) is 11.4 Å². The standard InChI is InChI=1S/C30H24BrN5O3/c31-24-17-34-36-28(14-25(35-29(24)36)22-7-3-4-8-26(22)37)32-15-18-9-11-19(12-10-18)16-33-30(39)23-13-27(38)21-6-2-1-5-20(21)23/h1-12,14,17,23,32,37H,13,15-16H2,(H,33,39). The Morgan fingerprint density at radius 2 is 1.67 bits per heavy atom. The number of amides is 1. The normalized spacial score (nSPS) is 14.4. The molecule has 194 valence electrons. The monoisotopic (exact) mass is 581 g/mol. The lowest BCUT2D eigenvalue weighted by atomic mass is 10.0. The predicted octanol–water partition coefficient (Wildman–Crippen LogP) is 5.46. The summed E-state index contributed by atoms with van der Waals surface area (Å²) in [6, 6.07) is 24.2. The lowest BCUT2D eigenvalue weighted by molar-refractivity contribution is -0.122. The Bertz CT molecular complexity index is 1710. The molecule has 0 aliphatic heterocycles. The minimum atomic E-state index is -0.431. The minimum absolute atomic E-state index is 0.0178. The van der Waals surface area contributed by atoms with Crippen LogP contribution in [0.1, 0.15) is 39.4 Å². The number of halogens is 1. The highest BCUT2D eigenvalue weighted by molar-refractivity contribution is 9.10. The fourth-order valence-corrected chi connectivity index (χ4v) is 5.21. The van der Waals surface area contributed by atoms with Crippen LogP contribution in [0.5, 0.6) is 5.75 Å².